The van der Waals surface area contributed by atoms with Crippen LogP contribution >= 0.6 is 11.3 Å². The molecule has 6 heteroatoms. The number of hydrogen-bond donors (Lipinski definition) is 0. The van der Waals surface area contributed by atoms with E-state index in [1.807, 2.05) is 31.6 Å². The quantitative estimate of drug-likeness (QED) is 0.690. The molecule has 1 aliphatic heterocycles. The highest BCUT2D eigenvalue weighted by atomic mass is 32.1. The summed E-state index contributed by atoms with van der Waals surface area (Å²) in [6.45, 7) is 5.48. The van der Waals surface area contributed by atoms with Crippen LogP contribution in [0.15, 0.2) is 24.3 Å². The first-order valence-corrected chi connectivity index (χ1v) is 9.95. The van der Waals surface area contributed by atoms with E-state index in [-0.39, 0.29) is 11.8 Å². The molecular weight excluding hydrogens is 344 g/mol. The summed E-state index contributed by atoms with van der Waals surface area (Å²) in [6, 6.07) is 8.54. The SMILES string of the molecule is Cc1nn(C)c(C)c1CC(=O)CN1CCCC1c1nc2ccccc2s1. The van der Waals surface area contributed by atoms with Crippen LogP contribution in [0.2, 0.25) is 0 Å². The summed E-state index contributed by atoms with van der Waals surface area (Å²) < 4.78 is 3.08. The molecule has 1 atom stereocenters. The number of carbonyl (C=O) groups is 1. The number of aromatic nitrogens is 3. The van der Waals surface area contributed by atoms with E-state index in [0.717, 1.165) is 46.9 Å². The Morgan fingerprint density at radius 3 is 2.85 bits per heavy atom. The second-order valence-electron chi connectivity index (χ2n) is 7.14. The van der Waals surface area contributed by atoms with E-state index in [2.05, 4.69) is 28.2 Å². The van der Waals surface area contributed by atoms with Crippen molar-refractivity contribution >= 4 is 27.3 Å². The standard InChI is InChI=1S/C20H24N4OS/c1-13-16(14(2)23(3)22-13)11-15(25)12-24-10-6-8-18(24)20-21-17-7-4-5-9-19(17)26-20/h4-5,7,9,18H,6,8,10-12H2,1-3H3. The van der Waals surface area contributed by atoms with Crippen LogP contribution in [-0.4, -0.2) is 38.5 Å². The second kappa shape index (κ2) is 6.93. The number of hydrogen-bond acceptors (Lipinski definition) is 5. The van der Waals surface area contributed by atoms with E-state index in [0.29, 0.717) is 13.0 Å². The molecular formula is C20H24N4OS. The molecule has 26 heavy (non-hydrogen) atoms. The van der Waals surface area contributed by atoms with E-state index >= 15 is 0 Å². The predicted molar refractivity (Wildman–Crippen MR) is 105 cm³/mol. The Kier molecular flexibility index (Phi) is 4.63. The lowest BCUT2D eigenvalue weighted by molar-refractivity contribution is -0.119. The number of thiazole rings is 1. The third kappa shape index (κ3) is 3.19. The predicted octanol–water partition coefficient (Wildman–Crippen LogP) is 3.60. The van der Waals surface area contributed by atoms with Gasteiger partial charge in [-0.2, -0.15) is 5.10 Å². The van der Waals surface area contributed by atoms with E-state index in [9.17, 15) is 4.79 Å². The van der Waals surface area contributed by atoms with Crippen molar-refractivity contribution < 1.29 is 4.79 Å². The van der Waals surface area contributed by atoms with Crippen molar-refractivity contribution in [2.24, 2.45) is 7.05 Å². The maximum absolute atomic E-state index is 12.7. The number of nitrogens with zero attached hydrogens (tertiary/aromatic N) is 4. The van der Waals surface area contributed by atoms with Gasteiger partial charge in [0.25, 0.3) is 0 Å². The molecule has 0 saturated carbocycles. The summed E-state index contributed by atoms with van der Waals surface area (Å²) in [7, 11) is 1.93. The molecule has 1 fully saturated rings. The average molecular weight is 369 g/mol. The molecule has 1 unspecified atom stereocenters. The Morgan fingerprint density at radius 1 is 1.31 bits per heavy atom. The minimum atomic E-state index is 0.261. The van der Waals surface area contributed by atoms with Gasteiger partial charge in [0.2, 0.25) is 0 Å². The Labute approximate surface area is 157 Å². The van der Waals surface area contributed by atoms with E-state index in [1.165, 1.54) is 4.70 Å². The molecule has 2 aromatic heterocycles. The number of carbonyl (C=O) groups excluding carboxylic acids is 1. The molecule has 3 heterocycles. The van der Waals surface area contributed by atoms with Gasteiger partial charge in [0.1, 0.15) is 5.01 Å². The fourth-order valence-corrected chi connectivity index (χ4v) is 5.02. The van der Waals surface area contributed by atoms with Crippen LogP contribution in [0.1, 0.15) is 40.8 Å². The van der Waals surface area contributed by atoms with E-state index in [4.69, 9.17) is 4.98 Å². The summed E-state index contributed by atoms with van der Waals surface area (Å²) >= 11 is 1.76. The molecule has 4 rings (SSSR count). The van der Waals surface area contributed by atoms with Crippen molar-refractivity contribution in [3.05, 3.63) is 46.2 Å². The van der Waals surface area contributed by atoms with Gasteiger partial charge in [-0.1, -0.05) is 12.1 Å². The van der Waals surface area contributed by atoms with Crippen LogP contribution in [0.3, 0.4) is 0 Å². The molecule has 0 bridgehead atoms. The van der Waals surface area contributed by atoms with Gasteiger partial charge in [-0.15, -0.1) is 11.3 Å². The molecule has 1 aromatic carbocycles. The number of Topliss-reactive ketones (excluding diaryl/α,β-unsaturated/α-hetero) is 1. The third-order valence-corrected chi connectivity index (χ3v) is 6.51. The van der Waals surface area contributed by atoms with Crippen molar-refractivity contribution in [1.82, 2.24) is 19.7 Å². The summed E-state index contributed by atoms with van der Waals surface area (Å²) in [5, 5.41) is 5.57. The molecule has 0 aliphatic carbocycles. The zero-order chi connectivity index (χ0) is 18.3. The van der Waals surface area contributed by atoms with Gasteiger partial charge >= 0.3 is 0 Å². The summed E-state index contributed by atoms with van der Waals surface area (Å²) in [6.07, 6.45) is 2.67. The topological polar surface area (TPSA) is 51.0 Å². The van der Waals surface area contributed by atoms with Crippen LogP contribution in [0.25, 0.3) is 10.2 Å². The minimum absolute atomic E-state index is 0.261. The maximum atomic E-state index is 12.7. The van der Waals surface area contributed by atoms with Crippen molar-refractivity contribution in [3.63, 3.8) is 0 Å². The number of aryl methyl sites for hydroxylation is 2. The monoisotopic (exact) mass is 368 g/mol. The van der Waals surface area contributed by atoms with Crippen molar-refractivity contribution in [3.8, 4) is 0 Å². The van der Waals surface area contributed by atoms with Crippen LogP contribution in [-0.2, 0) is 18.3 Å². The highest BCUT2D eigenvalue weighted by Crippen LogP contribution is 2.36. The number of para-hydroxylation sites is 1. The molecule has 136 valence electrons. The van der Waals surface area contributed by atoms with Crippen molar-refractivity contribution in [2.75, 3.05) is 13.1 Å². The molecule has 0 N–H and O–H groups in total. The Balaban J connectivity index is 1.49. The third-order valence-electron chi connectivity index (χ3n) is 5.37. The fourth-order valence-electron chi connectivity index (χ4n) is 3.88. The zero-order valence-electron chi connectivity index (χ0n) is 15.5. The van der Waals surface area contributed by atoms with Crippen LogP contribution in [0, 0.1) is 13.8 Å². The number of ketones is 1. The van der Waals surface area contributed by atoms with Gasteiger partial charge in [0, 0.05) is 24.7 Å². The molecule has 0 radical (unpaired) electrons. The molecule has 3 aromatic rings. The van der Waals surface area contributed by atoms with Crippen molar-refractivity contribution in [2.45, 2.75) is 39.2 Å². The van der Waals surface area contributed by atoms with Gasteiger partial charge in [0.15, 0.2) is 5.78 Å². The van der Waals surface area contributed by atoms with Gasteiger partial charge in [-0.05, 0) is 45.4 Å². The Morgan fingerprint density at radius 2 is 2.12 bits per heavy atom. The van der Waals surface area contributed by atoms with Gasteiger partial charge in [-0.3, -0.25) is 14.4 Å². The smallest absolute Gasteiger partial charge is 0.151 e. The van der Waals surface area contributed by atoms with Crippen LogP contribution < -0.4 is 0 Å². The molecule has 1 saturated heterocycles. The largest absolute Gasteiger partial charge is 0.298 e. The van der Waals surface area contributed by atoms with Crippen molar-refractivity contribution in [1.29, 1.82) is 0 Å². The fraction of sp³-hybridized carbons (Fsp3) is 0.450. The normalized spacial score (nSPS) is 18.0. The molecule has 0 amide bonds. The summed E-state index contributed by atoms with van der Waals surface area (Å²) in [5.74, 6) is 0.261. The molecule has 0 spiro atoms. The highest BCUT2D eigenvalue weighted by molar-refractivity contribution is 7.18. The maximum Gasteiger partial charge on any atom is 0.151 e. The highest BCUT2D eigenvalue weighted by Gasteiger charge is 2.30. The summed E-state index contributed by atoms with van der Waals surface area (Å²) in [4.78, 5) is 19.9. The van der Waals surface area contributed by atoms with Crippen LogP contribution in [0.4, 0.5) is 0 Å². The Bertz CT molecular complexity index is 925. The first-order chi connectivity index (χ1) is 12.5. The van der Waals surface area contributed by atoms with Gasteiger partial charge in [0.05, 0.1) is 28.5 Å². The van der Waals surface area contributed by atoms with Gasteiger partial charge < -0.3 is 0 Å². The van der Waals surface area contributed by atoms with Gasteiger partial charge in [-0.25, -0.2) is 4.98 Å². The first-order valence-electron chi connectivity index (χ1n) is 9.13. The summed E-state index contributed by atoms with van der Waals surface area (Å²) in [5.41, 5.74) is 4.18. The number of rotatable bonds is 5. The zero-order valence-corrected chi connectivity index (χ0v) is 16.3. The lowest BCUT2D eigenvalue weighted by Crippen LogP contribution is -2.30. The van der Waals surface area contributed by atoms with E-state index < -0.39 is 0 Å². The lowest BCUT2D eigenvalue weighted by atomic mass is 10.1. The van der Waals surface area contributed by atoms with E-state index in [1.54, 1.807) is 11.3 Å². The number of fused-ring (bicyclic) bond motifs is 1. The lowest BCUT2D eigenvalue weighted by Gasteiger charge is -2.21. The minimum Gasteiger partial charge on any atom is -0.298 e. The van der Waals surface area contributed by atoms with Crippen LogP contribution in [0.5, 0.6) is 0 Å². The molecule has 1 aliphatic rings. The molecule has 5 nitrogen and oxygen atoms in total. The Hall–Kier alpha value is -2.05. The number of benzene rings is 1. The first kappa shape index (κ1) is 17.4. The number of likely N-dealkylation sites (tertiary alicyclic amines) is 1. The average Bonchev–Trinajstić information content (AvgIpc) is 3.29. The second-order valence-corrected chi connectivity index (χ2v) is 8.20.